The summed E-state index contributed by atoms with van der Waals surface area (Å²) in [5, 5.41) is 4.24. The van der Waals surface area contributed by atoms with Gasteiger partial charge in [-0.05, 0) is 24.6 Å². The van der Waals surface area contributed by atoms with E-state index in [9.17, 15) is 9.59 Å². The zero-order valence-corrected chi connectivity index (χ0v) is 18.0. The zero-order valence-electron chi connectivity index (χ0n) is 18.0. The summed E-state index contributed by atoms with van der Waals surface area (Å²) in [6.45, 7) is 2.86. The van der Waals surface area contributed by atoms with Gasteiger partial charge in [0.2, 0.25) is 5.91 Å². The lowest BCUT2D eigenvalue weighted by atomic mass is 10.0. The smallest absolute Gasteiger partial charge is 0.306 e. The van der Waals surface area contributed by atoms with Crippen LogP contribution in [0.1, 0.15) is 37.3 Å². The number of nitrogens with zero attached hydrogens (tertiary/aromatic N) is 2. The van der Waals surface area contributed by atoms with Crippen molar-refractivity contribution in [2.24, 2.45) is 5.16 Å². The fraction of sp³-hybridized carbons (Fsp3) is 0.375. The van der Waals surface area contributed by atoms with E-state index in [0.717, 1.165) is 22.6 Å². The lowest BCUT2D eigenvalue weighted by Crippen LogP contribution is -2.37. The van der Waals surface area contributed by atoms with Gasteiger partial charge in [0.25, 0.3) is 0 Å². The average Bonchev–Trinajstić information content (AvgIpc) is 3.26. The molecule has 7 nitrogen and oxygen atoms in total. The number of para-hydroxylation sites is 1. The maximum atomic E-state index is 12.9. The minimum absolute atomic E-state index is 0.0620. The number of hydrogen-bond acceptors (Lipinski definition) is 6. The molecule has 0 aliphatic carbocycles. The Balaban J connectivity index is 1.65. The van der Waals surface area contributed by atoms with Crippen LogP contribution in [-0.4, -0.2) is 48.9 Å². The van der Waals surface area contributed by atoms with E-state index in [1.54, 1.807) is 18.9 Å². The standard InChI is InChI=1S/C24H28N2O5/c1-3-30-24(28)14-13-23(27)26(16-18-9-5-4-6-10-18)17-19-15-21(25-31-19)20-11-7-8-12-22(20)29-2/h4-12,19H,3,13-17H2,1-2H3/t19-/m0/s1. The van der Waals surface area contributed by atoms with Crippen LogP contribution in [0.2, 0.25) is 0 Å². The topological polar surface area (TPSA) is 77.4 Å². The lowest BCUT2D eigenvalue weighted by molar-refractivity contribution is -0.146. The number of amides is 1. The number of benzene rings is 2. The molecule has 1 aliphatic heterocycles. The summed E-state index contributed by atoms with van der Waals surface area (Å²) in [5.41, 5.74) is 2.69. The highest BCUT2D eigenvalue weighted by molar-refractivity contribution is 6.03. The highest BCUT2D eigenvalue weighted by Crippen LogP contribution is 2.25. The Bertz CT molecular complexity index is 913. The molecular formula is C24H28N2O5. The van der Waals surface area contributed by atoms with Gasteiger partial charge >= 0.3 is 5.97 Å². The van der Waals surface area contributed by atoms with Crippen molar-refractivity contribution in [3.63, 3.8) is 0 Å². The van der Waals surface area contributed by atoms with Crippen molar-refractivity contribution in [3.05, 3.63) is 65.7 Å². The number of hydrogen-bond donors (Lipinski definition) is 0. The molecule has 31 heavy (non-hydrogen) atoms. The number of carbonyl (C=O) groups excluding carboxylic acids is 2. The van der Waals surface area contributed by atoms with Crippen LogP contribution in [0.5, 0.6) is 5.75 Å². The maximum absolute atomic E-state index is 12.9. The molecule has 0 fully saturated rings. The molecule has 3 rings (SSSR count). The van der Waals surface area contributed by atoms with Gasteiger partial charge in [-0.2, -0.15) is 0 Å². The van der Waals surface area contributed by atoms with Gasteiger partial charge in [-0.15, -0.1) is 0 Å². The Morgan fingerprint density at radius 2 is 1.84 bits per heavy atom. The van der Waals surface area contributed by atoms with E-state index < -0.39 is 0 Å². The Hall–Kier alpha value is -3.35. The first-order chi connectivity index (χ1) is 15.1. The first-order valence-electron chi connectivity index (χ1n) is 10.4. The van der Waals surface area contributed by atoms with Crippen LogP contribution in [0, 0.1) is 0 Å². The second kappa shape index (κ2) is 11.2. The summed E-state index contributed by atoms with van der Waals surface area (Å²) >= 11 is 0. The van der Waals surface area contributed by atoms with Crippen LogP contribution in [-0.2, 0) is 25.7 Å². The molecule has 0 radical (unpaired) electrons. The van der Waals surface area contributed by atoms with Crippen molar-refractivity contribution in [2.45, 2.75) is 38.8 Å². The Morgan fingerprint density at radius 1 is 1.10 bits per heavy atom. The van der Waals surface area contributed by atoms with Crippen LogP contribution >= 0.6 is 0 Å². The van der Waals surface area contributed by atoms with Crippen molar-refractivity contribution >= 4 is 17.6 Å². The van der Waals surface area contributed by atoms with E-state index in [1.165, 1.54) is 0 Å². The van der Waals surface area contributed by atoms with Crippen molar-refractivity contribution in [1.82, 2.24) is 4.90 Å². The van der Waals surface area contributed by atoms with E-state index in [0.29, 0.717) is 26.1 Å². The van der Waals surface area contributed by atoms with Crippen LogP contribution < -0.4 is 4.74 Å². The monoisotopic (exact) mass is 424 g/mol. The molecule has 1 atom stereocenters. The molecule has 0 aromatic heterocycles. The normalized spacial score (nSPS) is 15.0. The van der Waals surface area contributed by atoms with E-state index in [4.69, 9.17) is 14.3 Å². The summed E-state index contributed by atoms with van der Waals surface area (Å²) in [7, 11) is 1.62. The maximum Gasteiger partial charge on any atom is 0.306 e. The van der Waals surface area contributed by atoms with Gasteiger partial charge in [0.15, 0.2) is 6.10 Å². The summed E-state index contributed by atoms with van der Waals surface area (Å²) in [5.74, 6) is 0.248. The van der Waals surface area contributed by atoms with Crippen LogP contribution in [0.15, 0.2) is 59.8 Å². The number of rotatable bonds is 10. The van der Waals surface area contributed by atoms with Gasteiger partial charge in [0.1, 0.15) is 5.75 Å². The number of ether oxygens (including phenoxy) is 2. The molecule has 2 aromatic carbocycles. The number of esters is 1. The molecule has 0 N–H and O–H groups in total. The molecule has 0 unspecified atom stereocenters. The Morgan fingerprint density at radius 3 is 2.58 bits per heavy atom. The highest BCUT2D eigenvalue weighted by atomic mass is 16.6. The highest BCUT2D eigenvalue weighted by Gasteiger charge is 2.28. The summed E-state index contributed by atoms with van der Waals surface area (Å²) in [4.78, 5) is 32.0. The summed E-state index contributed by atoms with van der Waals surface area (Å²) in [6.07, 6.45) is 0.456. The van der Waals surface area contributed by atoms with Crippen molar-refractivity contribution < 1.29 is 23.9 Å². The van der Waals surface area contributed by atoms with Crippen LogP contribution in [0.4, 0.5) is 0 Å². The molecular weight excluding hydrogens is 396 g/mol. The fourth-order valence-corrected chi connectivity index (χ4v) is 3.47. The third kappa shape index (κ3) is 6.31. The molecule has 0 saturated heterocycles. The second-order valence-electron chi connectivity index (χ2n) is 7.23. The third-order valence-corrected chi connectivity index (χ3v) is 4.99. The predicted octanol–water partition coefficient (Wildman–Crippen LogP) is 3.56. The van der Waals surface area contributed by atoms with Gasteiger partial charge in [-0.25, -0.2) is 0 Å². The average molecular weight is 424 g/mol. The molecule has 1 aliphatic rings. The molecule has 0 spiro atoms. The molecule has 2 aromatic rings. The van der Waals surface area contributed by atoms with Gasteiger partial charge in [-0.3, -0.25) is 9.59 Å². The molecule has 164 valence electrons. The largest absolute Gasteiger partial charge is 0.496 e. The van der Waals surface area contributed by atoms with E-state index >= 15 is 0 Å². The molecule has 0 saturated carbocycles. The number of methoxy groups -OCH3 is 1. The van der Waals surface area contributed by atoms with E-state index in [2.05, 4.69) is 5.16 Å². The van der Waals surface area contributed by atoms with E-state index in [-0.39, 0.29) is 30.8 Å². The van der Waals surface area contributed by atoms with Gasteiger partial charge < -0.3 is 19.2 Å². The second-order valence-corrected chi connectivity index (χ2v) is 7.23. The Kier molecular flexibility index (Phi) is 8.04. The lowest BCUT2D eigenvalue weighted by Gasteiger charge is -2.25. The quantitative estimate of drug-likeness (QED) is 0.545. The SMILES string of the molecule is CCOC(=O)CCC(=O)N(Cc1ccccc1)C[C@@H]1CC(c2ccccc2OC)=NO1. The minimum Gasteiger partial charge on any atom is -0.496 e. The predicted molar refractivity (Wildman–Crippen MR) is 117 cm³/mol. The fourth-order valence-electron chi connectivity index (χ4n) is 3.47. The third-order valence-electron chi connectivity index (χ3n) is 4.99. The van der Waals surface area contributed by atoms with Gasteiger partial charge in [0, 0.05) is 24.9 Å². The first-order valence-corrected chi connectivity index (χ1v) is 10.4. The molecule has 7 heteroatoms. The van der Waals surface area contributed by atoms with E-state index in [1.807, 2.05) is 54.6 Å². The van der Waals surface area contributed by atoms with Crippen LogP contribution in [0.3, 0.4) is 0 Å². The summed E-state index contributed by atoms with van der Waals surface area (Å²) in [6, 6.07) is 17.4. The van der Waals surface area contributed by atoms with Gasteiger partial charge in [0.05, 0.1) is 32.4 Å². The number of carbonyl (C=O) groups is 2. The van der Waals surface area contributed by atoms with Gasteiger partial charge in [-0.1, -0.05) is 47.6 Å². The summed E-state index contributed by atoms with van der Waals surface area (Å²) < 4.78 is 10.4. The van der Waals surface area contributed by atoms with Crippen molar-refractivity contribution in [3.8, 4) is 5.75 Å². The van der Waals surface area contributed by atoms with Crippen LogP contribution in [0.25, 0.3) is 0 Å². The van der Waals surface area contributed by atoms with Crippen molar-refractivity contribution in [1.29, 1.82) is 0 Å². The molecule has 1 heterocycles. The number of oxime groups is 1. The molecule has 1 amide bonds. The zero-order chi connectivity index (χ0) is 22.1. The van der Waals surface area contributed by atoms with Crippen molar-refractivity contribution in [2.75, 3.05) is 20.3 Å². The minimum atomic E-state index is -0.366. The Labute approximate surface area is 182 Å². The molecule has 0 bridgehead atoms. The first kappa shape index (κ1) is 22.3.